The fraction of sp³-hybridized carbons (Fsp3) is 0.600. The van der Waals surface area contributed by atoms with Crippen molar-refractivity contribution in [2.75, 3.05) is 0 Å². The van der Waals surface area contributed by atoms with Crippen molar-refractivity contribution in [1.82, 2.24) is 0 Å². The van der Waals surface area contributed by atoms with Crippen LogP contribution in [0.15, 0.2) is 35.5 Å². The third-order valence-electron chi connectivity index (χ3n) is 3.03. The molecule has 1 fully saturated rings. The van der Waals surface area contributed by atoms with Gasteiger partial charge >= 0.3 is 0 Å². The molecule has 0 heteroatoms. The first-order valence-electron chi connectivity index (χ1n) is 6.05. The van der Waals surface area contributed by atoms with Gasteiger partial charge in [-0.25, -0.2) is 0 Å². The average molecular weight is 204 g/mol. The SMILES string of the molecule is C=C1CCC(/C=C(\C)CCC=C(C)C)C1. The Balaban J connectivity index is 2.33. The third kappa shape index (κ3) is 5.01. The summed E-state index contributed by atoms with van der Waals surface area (Å²) in [6.45, 7) is 10.7. The molecule has 0 aromatic carbocycles. The summed E-state index contributed by atoms with van der Waals surface area (Å²) in [6.07, 6.45) is 11.0. The quantitative estimate of drug-likeness (QED) is 0.563. The molecule has 15 heavy (non-hydrogen) atoms. The molecular formula is C15H24. The van der Waals surface area contributed by atoms with Crippen LogP contribution in [0.5, 0.6) is 0 Å². The van der Waals surface area contributed by atoms with E-state index in [1.807, 2.05) is 0 Å². The highest BCUT2D eigenvalue weighted by molar-refractivity contribution is 5.11. The van der Waals surface area contributed by atoms with Gasteiger partial charge in [-0.05, 0) is 58.8 Å². The Bertz CT molecular complexity index is 274. The van der Waals surface area contributed by atoms with Crippen molar-refractivity contribution in [1.29, 1.82) is 0 Å². The van der Waals surface area contributed by atoms with E-state index in [1.54, 1.807) is 5.57 Å². The Morgan fingerprint density at radius 3 is 2.67 bits per heavy atom. The first-order chi connectivity index (χ1) is 7.08. The van der Waals surface area contributed by atoms with Gasteiger partial charge in [0.05, 0.1) is 0 Å². The summed E-state index contributed by atoms with van der Waals surface area (Å²) in [5, 5.41) is 0. The molecule has 0 aromatic heterocycles. The molecular weight excluding hydrogens is 180 g/mol. The van der Waals surface area contributed by atoms with Gasteiger partial charge in [0.2, 0.25) is 0 Å². The number of allylic oxidation sites excluding steroid dienone is 5. The van der Waals surface area contributed by atoms with Crippen LogP contribution in [0.2, 0.25) is 0 Å². The Morgan fingerprint density at radius 2 is 2.13 bits per heavy atom. The second kappa shape index (κ2) is 5.95. The minimum Gasteiger partial charge on any atom is -0.0998 e. The van der Waals surface area contributed by atoms with Crippen LogP contribution < -0.4 is 0 Å². The maximum Gasteiger partial charge on any atom is -0.0191 e. The zero-order valence-electron chi connectivity index (χ0n) is 10.5. The maximum atomic E-state index is 4.06. The van der Waals surface area contributed by atoms with E-state index in [9.17, 15) is 0 Å². The molecule has 1 atom stereocenters. The van der Waals surface area contributed by atoms with Gasteiger partial charge in [0.15, 0.2) is 0 Å². The zero-order valence-corrected chi connectivity index (χ0v) is 10.5. The summed E-state index contributed by atoms with van der Waals surface area (Å²) in [6, 6.07) is 0. The molecule has 0 aromatic rings. The van der Waals surface area contributed by atoms with Crippen molar-refractivity contribution in [2.24, 2.45) is 5.92 Å². The van der Waals surface area contributed by atoms with Crippen molar-refractivity contribution < 1.29 is 0 Å². The minimum atomic E-state index is 0.782. The lowest BCUT2D eigenvalue weighted by Crippen LogP contribution is -1.89. The number of hydrogen-bond acceptors (Lipinski definition) is 0. The predicted molar refractivity (Wildman–Crippen MR) is 68.9 cm³/mol. The largest absolute Gasteiger partial charge is 0.0998 e. The fourth-order valence-electron chi connectivity index (χ4n) is 2.18. The van der Waals surface area contributed by atoms with E-state index in [0.717, 1.165) is 5.92 Å². The molecule has 84 valence electrons. The van der Waals surface area contributed by atoms with E-state index in [4.69, 9.17) is 0 Å². The lowest BCUT2D eigenvalue weighted by Gasteiger charge is -2.04. The van der Waals surface area contributed by atoms with Gasteiger partial charge in [0.25, 0.3) is 0 Å². The number of hydrogen-bond donors (Lipinski definition) is 0. The van der Waals surface area contributed by atoms with E-state index >= 15 is 0 Å². The monoisotopic (exact) mass is 204 g/mol. The summed E-state index contributed by atoms with van der Waals surface area (Å²) in [4.78, 5) is 0. The lowest BCUT2D eigenvalue weighted by atomic mass is 10.0. The normalized spacial score (nSPS) is 21.9. The van der Waals surface area contributed by atoms with Crippen molar-refractivity contribution >= 4 is 0 Å². The topological polar surface area (TPSA) is 0 Å². The molecule has 0 spiro atoms. The molecule has 0 saturated heterocycles. The van der Waals surface area contributed by atoms with Gasteiger partial charge in [0.1, 0.15) is 0 Å². The second-order valence-corrected chi connectivity index (χ2v) is 5.09. The molecule has 0 bridgehead atoms. The van der Waals surface area contributed by atoms with Crippen molar-refractivity contribution in [3.63, 3.8) is 0 Å². The minimum absolute atomic E-state index is 0.782. The predicted octanol–water partition coefficient (Wildman–Crippen LogP) is 5.04. The van der Waals surface area contributed by atoms with Crippen LogP contribution in [-0.4, -0.2) is 0 Å². The molecule has 0 aliphatic heterocycles. The van der Waals surface area contributed by atoms with Gasteiger partial charge in [-0.1, -0.05) is 35.5 Å². The standard InChI is InChI=1S/C15H24/c1-12(2)6-5-7-13(3)10-15-9-8-14(4)11-15/h6,10,15H,4-5,7-9,11H2,1-3H3/b13-10+. The molecule has 0 nitrogen and oxygen atoms in total. The molecule has 1 rings (SSSR count). The van der Waals surface area contributed by atoms with Crippen LogP contribution in [-0.2, 0) is 0 Å². The maximum absolute atomic E-state index is 4.06. The Morgan fingerprint density at radius 1 is 1.40 bits per heavy atom. The smallest absolute Gasteiger partial charge is 0.0191 e. The fourth-order valence-corrected chi connectivity index (χ4v) is 2.18. The third-order valence-corrected chi connectivity index (χ3v) is 3.03. The molecule has 1 saturated carbocycles. The Labute approximate surface area is 94.8 Å². The summed E-state index contributed by atoms with van der Waals surface area (Å²) in [5.41, 5.74) is 4.41. The van der Waals surface area contributed by atoms with Crippen LogP contribution in [0.4, 0.5) is 0 Å². The van der Waals surface area contributed by atoms with Gasteiger partial charge in [-0.3, -0.25) is 0 Å². The number of rotatable bonds is 4. The summed E-state index contributed by atoms with van der Waals surface area (Å²) >= 11 is 0. The van der Waals surface area contributed by atoms with E-state index in [-0.39, 0.29) is 0 Å². The van der Waals surface area contributed by atoms with E-state index in [1.165, 1.54) is 43.3 Å². The van der Waals surface area contributed by atoms with Crippen molar-refractivity contribution in [3.8, 4) is 0 Å². The van der Waals surface area contributed by atoms with Crippen LogP contribution in [0.3, 0.4) is 0 Å². The van der Waals surface area contributed by atoms with Crippen LogP contribution in [0.25, 0.3) is 0 Å². The van der Waals surface area contributed by atoms with E-state index in [2.05, 4.69) is 39.5 Å². The molecule has 1 aliphatic rings. The lowest BCUT2D eigenvalue weighted by molar-refractivity contribution is 0.683. The summed E-state index contributed by atoms with van der Waals surface area (Å²) < 4.78 is 0. The Kier molecular flexibility index (Phi) is 4.87. The van der Waals surface area contributed by atoms with Crippen LogP contribution in [0.1, 0.15) is 52.9 Å². The highest BCUT2D eigenvalue weighted by Gasteiger charge is 2.15. The highest BCUT2D eigenvalue weighted by atomic mass is 14.2. The zero-order chi connectivity index (χ0) is 11.3. The van der Waals surface area contributed by atoms with Crippen molar-refractivity contribution in [3.05, 3.63) is 35.5 Å². The molecule has 0 amide bonds. The summed E-state index contributed by atoms with van der Waals surface area (Å²) in [5.74, 6) is 0.782. The molecule has 0 heterocycles. The molecule has 0 N–H and O–H groups in total. The average Bonchev–Trinajstić information content (AvgIpc) is 2.50. The van der Waals surface area contributed by atoms with Crippen LogP contribution >= 0.6 is 0 Å². The van der Waals surface area contributed by atoms with Crippen LogP contribution in [0, 0.1) is 5.92 Å². The van der Waals surface area contributed by atoms with Crippen molar-refractivity contribution in [2.45, 2.75) is 52.9 Å². The second-order valence-electron chi connectivity index (χ2n) is 5.09. The van der Waals surface area contributed by atoms with E-state index < -0.39 is 0 Å². The highest BCUT2D eigenvalue weighted by Crippen LogP contribution is 2.30. The summed E-state index contributed by atoms with van der Waals surface area (Å²) in [7, 11) is 0. The van der Waals surface area contributed by atoms with Gasteiger partial charge in [-0.2, -0.15) is 0 Å². The van der Waals surface area contributed by atoms with Gasteiger partial charge in [0, 0.05) is 0 Å². The molecule has 0 radical (unpaired) electrons. The first kappa shape index (κ1) is 12.3. The first-order valence-corrected chi connectivity index (χ1v) is 6.05. The van der Waals surface area contributed by atoms with E-state index in [0.29, 0.717) is 0 Å². The Hall–Kier alpha value is -0.780. The molecule has 1 unspecified atom stereocenters. The van der Waals surface area contributed by atoms with Gasteiger partial charge < -0.3 is 0 Å². The molecule has 1 aliphatic carbocycles. The van der Waals surface area contributed by atoms with Gasteiger partial charge in [-0.15, -0.1) is 0 Å².